The maximum absolute atomic E-state index is 13.1. The van der Waals surface area contributed by atoms with Crippen LogP contribution in [-0.4, -0.2) is 44.5 Å². The average molecular weight is 446 g/mol. The van der Waals surface area contributed by atoms with Crippen LogP contribution in [0.3, 0.4) is 0 Å². The number of hydrogen-bond acceptors (Lipinski definition) is 4. The third-order valence-electron chi connectivity index (χ3n) is 5.39. The molecule has 2 aromatic carbocycles. The van der Waals surface area contributed by atoms with Gasteiger partial charge in [-0.15, -0.1) is 0 Å². The van der Waals surface area contributed by atoms with Crippen LogP contribution in [-0.2, 0) is 10.0 Å². The Morgan fingerprint density at radius 2 is 1.81 bits per heavy atom. The number of nitrogens with one attached hydrogen (secondary N) is 2. The summed E-state index contributed by atoms with van der Waals surface area (Å²) in [5, 5.41) is 5.62. The second-order valence-electron chi connectivity index (χ2n) is 7.71. The molecule has 1 fully saturated rings. The molecule has 8 heteroatoms. The fourth-order valence-electron chi connectivity index (χ4n) is 3.75. The van der Waals surface area contributed by atoms with Crippen LogP contribution in [0.2, 0.25) is 0 Å². The Bertz CT molecular complexity index is 959. The number of rotatable bonds is 8. The standard InChI is InChI=1S/C23H31N3O4S/c1-3-30-21-11-9-19(10-12-21)25-23(27)24-16-15-20-6-4-5-17-26(20)31(28,29)22-13-7-18(2)8-14-22/h7-14,20H,3-6,15-17H2,1-2H3,(H2,24,25,27). The molecule has 0 aromatic heterocycles. The predicted octanol–water partition coefficient (Wildman–Crippen LogP) is 4.15. The molecule has 7 nitrogen and oxygen atoms in total. The number of carbonyl (C=O) groups is 1. The molecule has 1 heterocycles. The van der Waals surface area contributed by atoms with E-state index in [4.69, 9.17) is 4.74 Å². The molecule has 2 amide bonds. The van der Waals surface area contributed by atoms with Crippen LogP contribution in [0.1, 0.15) is 38.2 Å². The summed E-state index contributed by atoms with van der Waals surface area (Å²) < 4.78 is 33.3. The Morgan fingerprint density at radius 3 is 2.48 bits per heavy atom. The lowest BCUT2D eigenvalue weighted by molar-refractivity contribution is 0.234. The highest BCUT2D eigenvalue weighted by Crippen LogP contribution is 2.27. The molecule has 1 aliphatic heterocycles. The van der Waals surface area contributed by atoms with Crippen molar-refractivity contribution >= 4 is 21.7 Å². The van der Waals surface area contributed by atoms with E-state index in [1.165, 1.54) is 0 Å². The molecular formula is C23H31N3O4S. The monoisotopic (exact) mass is 445 g/mol. The average Bonchev–Trinajstić information content (AvgIpc) is 2.76. The molecule has 0 bridgehead atoms. The van der Waals surface area contributed by atoms with Gasteiger partial charge in [0, 0.05) is 24.8 Å². The minimum absolute atomic E-state index is 0.120. The molecule has 1 unspecified atom stereocenters. The van der Waals surface area contributed by atoms with Crippen LogP contribution in [0.5, 0.6) is 5.75 Å². The summed E-state index contributed by atoms with van der Waals surface area (Å²) in [4.78, 5) is 12.5. The molecule has 0 saturated carbocycles. The molecule has 0 spiro atoms. The Hall–Kier alpha value is -2.58. The van der Waals surface area contributed by atoms with E-state index in [9.17, 15) is 13.2 Å². The first-order chi connectivity index (χ1) is 14.9. The van der Waals surface area contributed by atoms with Gasteiger partial charge in [-0.2, -0.15) is 4.31 Å². The predicted molar refractivity (Wildman–Crippen MR) is 122 cm³/mol. The zero-order chi connectivity index (χ0) is 22.3. The zero-order valence-electron chi connectivity index (χ0n) is 18.1. The van der Waals surface area contributed by atoms with E-state index in [0.29, 0.717) is 36.7 Å². The number of urea groups is 1. The lowest BCUT2D eigenvalue weighted by atomic mass is 10.0. The van der Waals surface area contributed by atoms with Gasteiger partial charge in [0.25, 0.3) is 0 Å². The number of carbonyl (C=O) groups excluding carboxylic acids is 1. The van der Waals surface area contributed by atoms with E-state index in [-0.39, 0.29) is 12.1 Å². The Morgan fingerprint density at radius 1 is 1.10 bits per heavy atom. The van der Waals surface area contributed by atoms with E-state index in [0.717, 1.165) is 30.6 Å². The number of hydrogen-bond donors (Lipinski definition) is 2. The van der Waals surface area contributed by atoms with Crippen molar-refractivity contribution in [2.75, 3.05) is 25.0 Å². The van der Waals surface area contributed by atoms with E-state index < -0.39 is 10.0 Å². The molecule has 1 aliphatic rings. The van der Waals surface area contributed by atoms with Crippen LogP contribution < -0.4 is 15.4 Å². The molecule has 0 aliphatic carbocycles. The third-order valence-corrected chi connectivity index (χ3v) is 7.35. The highest BCUT2D eigenvalue weighted by molar-refractivity contribution is 7.89. The number of piperidine rings is 1. The van der Waals surface area contributed by atoms with Crippen molar-refractivity contribution in [3.8, 4) is 5.75 Å². The molecule has 0 radical (unpaired) electrons. The van der Waals surface area contributed by atoms with Gasteiger partial charge in [0.15, 0.2) is 0 Å². The van der Waals surface area contributed by atoms with Gasteiger partial charge in [-0.25, -0.2) is 13.2 Å². The molecule has 2 aromatic rings. The Balaban J connectivity index is 1.54. The maximum atomic E-state index is 13.1. The van der Waals surface area contributed by atoms with E-state index in [2.05, 4.69) is 10.6 Å². The summed E-state index contributed by atoms with van der Waals surface area (Å²) >= 11 is 0. The molecule has 3 rings (SSSR count). The van der Waals surface area contributed by atoms with Gasteiger partial charge in [0.05, 0.1) is 11.5 Å². The SMILES string of the molecule is CCOc1ccc(NC(=O)NCCC2CCCCN2S(=O)(=O)c2ccc(C)cc2)cc1. The van der Waals surface area contributed by atoms with Gasteiger partial charge >= 0.3 is 6.03 Å². The van der Waals surface area contributed by atoms with Crippen molar-refractivity contribution in [2.24, 2.45) is 0 Å². The molecule has 31 heavy (non-hydrogen) atoms. The van der Waals surface area contributed by atoms with Gasteiger partial charge in [-0.1, -0.05) is 24.1 Å². The number of aryl methyl sites for hydroxylation is 1. The molecule has 1 atom stereocenters. The highest BCUT2D eigenvalue weighted by atomic mass is 32.2. The Labute approximate surface area is 184 Å². The number of amides is 2. The topological polar surface area (TPSA) is 87.7 Å². The smallest absolute Gasteiger partial charge is 0.319 e. The zero-order valence-corrected chi connectivity index (χ0v) is 19.0. The fraction of sp³-hybridized carbons (Fsp3) is 0.435. The lowest BCUT2D eigenvalue weighted by Gasteiger charge is -2.34. The Kier molecular flexibility index (Phi) is 7.92. The molecule has 1 saturated heterocycles. The van der Waals surface area contributed by atoms with E-state index in [1.807, 2.05) is 26.0 Å². The fourth-order valence-corrected chi connectivity index (χ4v) is 5.48. The van der Waals surface area contributed by atoms with Gasteiger partial charge < -0.3 is 15.4 Å². The number of anilines is 1. The van der Waals surface area contributed by atoms with Crippen LogP contribution in [0, 0.1) is 6.92 Å². The minimum Gasteiger partial charge on any atom is -0.494 e. The number of sulfonamides is 1. The number of ether oxygens (including phenoxy) is 1. The highest BCUT2D eigenvalue weighted by Gasteiger charge is 2.33. The lowest BCUT2D eigenvalue weighted by Crippen LogP contribution is -2.45. The molecular weight excluding hydrogens is 414 g/mol. The van der Waals surface area contributed by atoms with Crippen molar-refractivity contribution in [3.63, 3.8) is 0 Å². The second-order valence-corrected chi connectivity index (χ2v) is 9.60. The summed E-state index contributed by atoms with van der Waals surface area (Å²) in [6.45, 7) is 5.35. The second kappa shape index (κ2) is 10.6. The maximum Gasteiger partial charge on any atom is 0.319 e. The normalized spacial score (nSPS) is 17.2. The van der Waals surface area contributed by atoms with Crippen molar-refractivity contribution in [1.82, 2.24) is 9.62 Å². The third kappa shape index (κ3) is 6.21. The first kappa shape index (κ1) is 23.1. The van der Waals surface area contributed by atoms with Crippen molar-refractivity contribution in [2.45, 2.75) is 50.5 Å². The summed E-state index contributed by atoms with van der Waals surface area (Å²) in [7, 11) is -3.54. The van der Waals surface area contributed by atoms with Crippen LogP contribution in [0.4, 0.5) is 10.5 Å². The first-order valence-electron chi connectivity index (χ1n) is 10.8. The number of benzene rings is 2. The largest absolute Gasteiger partial charge is 0.494 e. The van der Waals surface area contributed by atoms with Gasteiger partial charge in [0.2, 0.25) is 10.0 Å². The van der Waals surface area contributed by atoms with Gasteiger partial charge in [-0.05, 0) is 69.5 Å². The quantitative estimate of drug-likeness (QED) is 0.639. The van der Waals surface area contributed by atoms with E-state index in [1.54, 1.807) is 40.7 Å². The summed E-state index contributed by atoms with van der Waals surface area (Å²) in [5.41, 5.74) is 1.69. The van der Waals surface area contributed by atoms with Crippen LogP contribution in [0.25, 0.3) is 0 Å². The summed E-state index contributed by atoms with van der Waals surface area (Å²) in [6, 6.07) is 13.7. The van der Waals surface area contributed by atoms with Crippen LogP contribution in [0.15, 0.2) is 53.4 Å². The summed E-state index contributed by atoms with van der Waals surface area (Å²) in [5.74, 6) is 0.751. The van der Waals surface area contributed by atoms with Crippen molar-refractivity contribution in [3.05, 3.63) is 54.1 Å². The number of nitrogens with zero attached hydrogens (tertiary/aromatic N) is 1. The van der Waals surface area contributed by atoms with Gasteiger partial charge in [0.1, 0.15) is 5.75 Å². The first-order valence-corrected chi connectivity index (χ1v) is 12.2. The van der Waals surface area contributed by atoms with Crippen molar-refractivity contribution < 1.29 is 17.9 Å². The summed E-state index contributed by atoms with van der Waals surface area (Å²) in [6.07, 6.45) is 3.21. The molecule has 2 N–H and O–H groups in total. The van der Waals surface area contributed by atoms with E-state index >= 15 is 0 Å². The van der Waals surface area contributed by atoms with Crippen molar-refractivity contribution in [1.29, 1.82) is 0 Å². The van der Waals surface area contributed by atoms with Gasteiger partial charge in [-0.3, -0.25) is 0 Å². The minimum atomic E-state index is -3.54. The molecule has 168 valence electrons. The van der Waals surface area contributed by atoms with Crippen LogP contribution >= 0.6 is 0 Å².